The van der Waals surface area contributed by atoms with Gasteiger partial charge >= 0.3 is 5.97 Å². The van der Waals surface area contributed by atoms with Gasteiger partial charge in [0.05, 0.1) is 37.3 Å². The van der Waals surface area contributed by atoms with Gasteiger partial charge in [0, 0.05) is 30.2 Å². The van der Waals surface area contributed by atoms with E-state index < -0.39 is 41.1 Å². The quantitative estimate of drug-likeness (QED) is 0.301. The van der Waals surface area contributed by atoms with Crippen molar-refractivity contribution < 1.29 is 38.3 Å². The van der Waals surface area contributed by atoms with E-state index in [0.29, 0.717) is 17.2 Å². The summed E-state index contributed by atoms with van der Waals surface area (Å²) in [7, 11) is 2.90. The topological polar surface area (TPSA) is 166 Å². The molecule has 13 heteroatoms. The lowest BCUT2D eigenvalue weighted by Gasteiger charge is -2.17. The third-order valence-electron chi connectivity index (χ3n) is 5.06. The fourth-order valence-electron chi connectivity index (χ4n) is 3.25. The van der Waals surface area contributed by atoms with Crippen LogP contribution in [0.1, 0.15) is 16.8 Å². The van der Waals surface area contributed by atoms with Crippen LogP contribution in [0.2, 0.25) is 0 Å². The summed E-state index contributed by atoms with van der Waals surface area (Å²) in [5, 5.41) is 14.2. The normalized spacial score (nSPS) is 14.7. The van der Waals surface area contributed by atoms with Gasteiger partial charge in [-0.1, -0.05) is 0 Å². The highest BCUT2D eigenvalue weighted by Gasteiger charge is 2.36. The molecule has 0 spiro atoms. The second-order valence-corrected chi connectivity index (χ2v) is 7.37. The lowest BCUT2D eigenvalue weighted by molar-refractivity contribution is -0.384. The van der Waals surface area contributed by atoms with E-state index in [0.717, 1.165) is 17.1 Å². The molecule has 13 nitrogen and oxygen atoms in total. The minimum atomic E-state index is -0.890. The van der Waals surface area contributed by atoms with Crippen molar-refractivity contribution in [1.82, 2.24) is 10.4 Å². The number of hydrazine groups is 1. The standard InChI is InChI=1S/C22H22N4O9/c1-33-16-7-8-18(34-2)17(10-16)23-19(27)12-35-22(30)14-9-20(28)25(11-14)24-21(29)13-3-5-15(6-4-13)26(31)32/h3-8,10,14H,9,11-12H2,1-2H3,(H,23,27)(H,24,29)/t14-/m0/s1. The molecule has 0 aliphatic carbocycles. The monoisotopic (exact) mass is 486 g/mol. The van der Waals surface area contributed by atoms with Gasteiger partial charge in [0.15, 0.2) is 6.61 Å². The number of carbonyl (C=O) groups excluding carboxylic acids is 4. The Morgan fingerprint density at radius 1 is 1.11 bits per heavy atom. The number of nitrogens with zero attached hydrogens (tertiary/aromatic N) is 2. The van der Waals surface area contributed by atoms with Gasteiger partial charge in [0.2, 0.25) is 5.91 Å². The fourth-order valence-corrected chi connectivity index (χ4v) is 3.25. The van der Waals surface area contributed by atoms with Crippen molar-refractivity contribution in [2.75, 3.05) is 32.7 Å². The molecule has 1 fully saturated rings. The number of esters is 1. The van der Waals surface area contributed by atoms with Crippen LogP contribution >= 0.6 is 0 Å². The van der Waals surface area contributed by atoms with E-state index in [9.17, 15) is 29.3 Å². The number of hydrogen-bond donors (Lipinski definition) is 2. The maximum atomic E-state index is 12.4. The molecule has 0 radical (unpaired) electrons. The molecule has 3 amide bonds. The molecule has 35 heavy (non-hydrogen) atoms. The van der Waals surface area contributed by atoms with Gasteiger partial charge in [-0.15, -0.1) is 0 Å². The Labute approximate surface area is 199 Å². The lowest BCUT2D eigenvalue weighted by atomic mass is 10.1. The summed E-state index contributed by atoms with van der Waals surface area (Å²) in [6.45, 7) is -0.749. The summed E-state index contributed by atoms with van der Waals surface area (Å²) in [4.78, 5) is 59.3. The average molecular weight is 486 g/mol. The molecule has 2 N–H and O–H groups in total. The number of anilines is 1. The number of methoxy groups -OCH3 is 2. The summed E-state index contributed by atoms with van der Waals surface area (Å²) in [5.41, 5.74) is 2.60. The highest BCUT2D eigenvalue weighted by atomic mass is 16.6. The summed E-state index contributed by atoms with van der Waals surface area (Å²) in [6.07, 6.45) is -0.218. The first-order valence-corrected chi connectivity index (χ1v) is 10.3. The molecule has 184 valence electrons. The molecule has 2 aromatic carbocycles. The second-order valence-electron chi connectivity index (χ2n) is 7.37. The van der Waals surface area contributed by atoms with Crippen LogP contribution in [0.3, 0.4) is 0 Å². The highest BCUT2D eigenvalue weighted by Crippen LogP contribution is 2.28. The average Bonchev–Trinajstić information content (AvgIpc) is 3.22. The molecular weight excluding hydrogens is 464 g/mol. The van der Waals surface area contributed by atoms with Crippen molar-refractivity contribution >= 4 is 35.1 Å². The Morgan fingerprint density at radius 3 is 2.46 bits per heavy atom. The van der Waals surface area contributed by atoms with Crippen LogP contribution in [-0.4, -0.2) is 61.0 Å². The Kier molecular flexibility index (Phi) is 7.81. The van der Waals surface area contributed by atoms with E-state index in [1.807, 2.05) is 0 Å². The number of benzene rings is 2. The Balaban J connectivity index is 1.51. The molecule has 0 aromatic heterocycles. The first kappa shape index (κ1) is 25.0. The Hall–Kier alpha value is -4.68. The van der Waals surface area contributed by atoms with Gasteiger partial charge < -0.3 is 19.5 Å². The van der Waals surface area contributed by atoms with Gasteiger partial charge in [-0.25, -0.2) is 0 Å². The largest absolute Gasteiger partial charge is 0.497 e. The Morgan fingerprint density at radius 2 is 1.83 bits per heavy atom. The van der Waals surface area contributed by atoms with E-state index >= 15 is 0 Å². The van der Waals surface area contributed by atoms with Crippen LogP contribution in [0.4, 0.5) is 11.4 Å². The molecule has 1 atom stereocenters. The molecule has 1 aliphatic rings. The van der Waals surface area contributed by atoms with E-state index in [-0.39, 0.29) is 24.2 Å². The molecule has 1 heterocycles. The minimum Gasteiger partial charge on any atom is -0.497 e. The van der Waals surface area contributed by atoms with E-state index in [2.05, 4.69) is 10.7 Å². The molecule has 3 rings (SSSR count). The summed E-state index contributed by atoms with van der Waals surface area (Å²) in [6, 6.07) is 9.60. The van der Waals surface area contributed by atoms with Gasteiger partial charge in [0.25, 0.3) is 17.5 Å². The molecule has 1 saturated heterocycles. The number of non-ortho nitro benzene ring substituents is 1. The lowest BCUT2D eigenvalue weighted by Crippen LogP contribution is -2.43. The number of rotatable bonds is 9. The summed E-state index contributed by atoms with van der Waals surface area (Å²) >= 11 is 0. The van der Waals surface area contributed by atoms with Gasteiger partial charge in [-0.05, 0) is 24.3 Å². The van der Waals surface area contributed by atoms with Crippen molar-refractivity contribution in [1.29, 1.82) is 0 Å². The van der Waals surface area contributed by atoms with Crippen LogP contribution in [0.15, 0.2) is 42.5 Å². The number of nitro groups is 1. The first-order chi connectivity index (χ1) is 16.7. The summed E-state index contributed by atoms with van der Waals surface area (Å²) < 4.78 is 15.3. The van der Waals surface area contributed by atoms with Gasteiger partial charge in [-0.3, -0.25) is 39.7 Å². The molecule has 2 aromatic rings. The van der Waals surface area contributed by atoms with E-state index in [1.54, 1.807) is 18.2 Å². The predicted molar refractivity (Wildman–Crippen MR) is 120 cm³/mol. The van der Waals surface area contributed by atoms with Crippen LogP contribution in [0.5, 0.6) is 11.5 Å². The smallest absolute Gasteiger partial charge is 0.311 e. The van der Waals surface area contributed by atoms with Gasteiger partial charge in [-0.2, -0.15) is 0 Å². The highest BCUT2D eigenvalue weighted by molar-refractivity contribution is 5.97. The van der Waals surface area contributed by atoms with Crippen LogP contribution in [-0.2, 0) is 19.1 Å². The molecule has 0 saturated carbocycles. The summed E-state index contributed by atoms with van der Waals surface area (Å²) in [5.74, 6) is -2.62. The van der Waals surface area contributed by atoms with Crippen LogP contribution in [0, 0.1) is 16.0 Å². The zero-order chi connectivity index (χ0) is 25.5. The number of nitrogens with one attached hydrogen (secondary N) is 2. The Bertz CT molecular complexity index is 1150. The third-order valence-corrected chi connectivity index (χ3v) is 5.06. The zero-order valence-electron chi connectivity index (χ0n) is 18.8. The van der Waals surface area contributed by atoms with Crippen molar-refractivity contribution in [3.63, 3.8) is 0 Å². The third kappa shape index (κ3) is 6.22. The van der Waals surface area contributed by atoms with Crippen molar-refractivity contribution in [3.8, 4) is 11.5 Å². The van der Waals surface area contributed by atoms with Crippen LogP contribution in [0.25, 0.3) is 0 Å². The predicted octanol–water partition coefficient (Wildman–Crippen LogP) is 1.29. The van der Waals surface area contributed by atoms with Crippen molar-refractivity contribution in [3.05, 3.63) is 58.1 Å². The van der Waals surface area contributed by atoms with E-state index in [1.165, 1.54) is 26.4 Å². The minimum absolute atomic E-state index is 0.0964. The zero-order valence-corrected chi connectivity index (χ0v) is 18.8. The maximum Gasteiger partial charge on any atom is 0.311 e. The number of hydrogen-bond acceptors (Lipinski definition) is 9. The molecule has 1 aliphatic heterocycles. The van der Waals surface area contributed by atoms with Crippen molar-refractivity contribution in [2.24, 2.45) is 5.92 Å². The SMILES string of the molecule is COc1ccc(OC)c(NC(=O)COC(=O)[C@H]2CC(=O)N(NC(=O)c3ccc([N+](=O)[O-])cc3)C2)c1. The van der Waals surface area contributed by atoms with Crippen LogP contribution < -0.4 is 20.2 Å². The maximum absolute atomic E-state index is 12.4. The van der Waals surface area contributed by atoms with Crippen molar-refractivity contribution in [2.45, 2.75) is 6.42 Å². The number of ether oxygens (including phenoxy) is 3. The molecule has 0 unspecified atom stereocenters. The van der Waals surface area contributed by atoms with E-state index in [4.69, 9.17) is 14.2 Å². The number of amides is 3. The van der Waals surface area contributed by atoms with Gasteiger partial charge in [0.1, 0.15) is 11.5 Å². The first-order valence-electron chi connectivity index (χ1n) is 10.3. The molecular formula is C22H22N4O9. The number of carbonyl (C=O) groups is 4. The number of nitro benzene ring substituents is 1. The fraction of sp³-hybridized carbons (Fsp3) is 0.273. The molecule has 0 bridgehead atoms. The second kappa shape index (κ2) is 11.0.